The number of methoxy groups -OCH3 is 2. The number of carboxylic acids is 2. The summed E-state index contributed by atoms with van der Waals surface area (Å²) in [6.07, 6.45) is 7.23. The van der Waals surface area contributed by atoms with Crippen LogP contribution in [0, 0.1) is 0 Å². The lowest BCUT2D eigenvalue weighted by molar-refractivity contribution is -0.138. The minimum Gasteiger partial charge on any atom is -0.491 e. The summed E-state index contributed by atoms with van der Waals surface area (Å²) in [5.74, 6) is 1.05. The Kier molecular flexibility index (Phi) is 19.2. The van der Waals surface area contributed by atoms with Crippen LogP contribution in [0.5, 0.6) is 11.5 Å². The highest BCUT2D eigenvalue weighted by molar-refractivity contribution is 5.68. The minimum absolute atomic E-state index is 0.0106. The molecule has 16 heteroatoms. The molecule has 4 aromatic rings. The zero-order valence-electron chi connectivity index (χ0n) is 40.9. The SMILES string of the molecule is COCCOc1cccc([C@@H](CC(=O)O)CN2CC[C@](F)(CCc3ccc4c(n3)NCCC4)C2)c1.COCCOc1cccc([C@H](CC(=O)O)CN2CC[C@](F)(CCc3ccc4c(n3)NCCC4)C2)c1. The fraction of sp³-hybridized carbons (Fsp3) is 0.556. The Morgan fingerprint density at radius 1 is 0.657 bits per heavy atom. The summed E-state index contributed by atoms with van der Waals surface area (Å²) in [6, 6.07) is 23.3. The number of aliphatic carboxylic acids is 2. The highest BCUT2D eigenvalue weighted by Crippen LogP contribution is 2.36. The van der Waals surface area contributed by atoms with Crippen molar-refractivity contribution in [2.75, 3.05) is 104 Å². The van der Waals surface area contributed by atoms with Crippen molar-refractivity contribution in [2.45, 2.75) is 100 Å². The van der Waals surface area contributed by atoms with Gasteiger partial charge in [-0.05, 0) is 123 Å². The van der Waals surface area contributed by atoms with Gasteiger partial charge in [-0.1, -0.05) is 36.4 Å². The fourth-order valence-corrected chi connectivity index (χ4v) is 10.1. The third-order valence-corrected chi connectivity index (χ3v) is 13.9. The first-order valence-electron chi connectivity index (χ1n) is 25.0. The van der Waals surface area contributed by atoms with E-state index in [2.05, 4.69) is 32.6 Å². The monoisotopic (exact) mass is 971 g/mol. The zero-order valence-corrected chi connectivity index (χ0v) is 40.9. The number of likely N-dealkylation sites (tertiary alicyclic amines) is 2. The van der Waals surface area contributed by atoms with E-state index >= 15 is 8.78 Å². The Morgan fingerprint density at radius 3 is 1.51 bits per heavy atom. The van der Waals surface area contributed by atoms with Gasteiger partial charge in [-0.15, -0.1) is 0 Å². The lowest BCUT2D eigenvalue weighted by atomic mass is 9.94. The maximum atomic E-state index is 15.7. The Balaban J connectivity index is 0.000000206. The Hall–Kier alpha value is -5.42. The van der Waals surface area contributed by atoms with E-state index in [4.69, 9.17) is 28.9 Å². The lowest BCUT2D eigenvalue weighted by Gasteiger charge is -2.25. The van der Waals surface area contributed by atoms with E-state index in [1.165, 1.54) is 11.1 Å². The summed E-state index contributed by atoms with van der Waals surface area (Å²) in [7, 11) is 3.23. The van der Waals surface area contributed by atoms with Gasteiger partial charge in [0.25, 0.3) is 0 Å². The van der Waals surface area contributed by atoms with Gasteiger partial charge >= 0.3 is 11.9 Å². The zero-order chi connectivity index (χ0) is 49.4. The average Bonchev–Trinajstić information content (AvgIpc) is 3.93. The van der Waals surface area contributed by atoms with Crippen LogP contribution in [0.1, 0.15) is 96.8 Å². The summed E-state index contributed by atoms with van der Waals surface area (Å²) < 4.78 is 52.9. The number of rotatable bonds is 24. The van der Waals surface area contributed by atoms with E-state index in [0.29, 0.717) is 116 Å². The Morgan fingerprint density at radius 2 is 1.10 bits per heavy atom. The van der Waals surface area contributed by atoms with Gasteiger partial charge in [-0.2, -0.15) is 0 Å². The fourth-order valence-electron chi connectivity index (χ4n) is 10.1. The van der Waals surface area contributed by atoms with Crippen LogP contribution >= 0.6 is 0 Å². The van der Waals surface area contributed by atoms with Gasteiger partial charge in [0.05, 0.1) is 26.1 Å². The molecule has 2 fully saturated rings. The molecule has 380 valence electrons. The molecule has 2 aromatic heterocycles. The van der Waals surface area contributed by atoms with Crippen molar-refractivity contribution in [3.63, 3.8) is 0 Å². The van der Waals surface area contributed by atoms with Gasteiger partial charge in [-0.3, -0.25) is 19.4 Å². The molecule has 0 unspecified atom stereocenters. The number of ether oxygens (including phenoxy) is 4. The molecule has 0 aliphatic carbocycles. The Bertz CT molecular complexity index is 2170. The number of pyridine rings is 2. The van der Waals surface area contributed by atoms with Crippen molar-refractivity contribution in [3.8, 4) is 11.5 Å². The minimum atomic E-state index is -1.29. The standard InChI is InChI=1S/2C27H36FN3O4/c2*1-34-14-15-35-24-6-2-4-21(16-24)22(17-25(32)33)18-31-13-11-27(28,19-31)10-9-23-8-7-20-5-3-12-29-26(20)30-23/h2*2,4,6-8,16,22H,3,5,9-15,17-19H2,1H3,(H,29,30)(H,32,33)/t22-,27+;22-,27-/m01/s1. The molecule has 4 aliphatic rings. The molecular weight excluding hydrogens is 899 g/mol. The molecule has 14 nitrogen and oxygen atoms in total. The first-order chi connectivity index (χ1) is 33.9. The molecule has 70 heavy (non-hydrogen) atoms. The van der Waals surface area contributed by atoms with Gasteiger partial charge in [0.2, 0.25) is 0 Å². The number of nitrogens with one attached hydrogen (secondary N) is 2. The van der Waals surface area contributed by atoms with Crippen LogP contribution in [0.2, 0.25) is 0 Å². The topological polar surface area (TPSA) is 168 Å². The summed E-state index contributed by atoms with van der Waals surface area (Å²) in [4.78, 5) is 36.7. The van der Waals surface area contributed by atoms with Crippen molar-refractivity contribution >= 4 is 23.6 Å². The number of anilines is 2. The molecule has 4 atom stereocenters. The first-order valence-corrected chi connectivity index (χ1v) is 25.0. The maximum absolute atomic E-state index is 15.7. The molecule has 0 radical (unpaired) electrons. The molecule has 6 heterocycles. The molecule has 4 N–H and O–H groups in total. The number of aromatic nitrogens is 2. The summed E-state index contributed by atoms with van der Waals surface area (Å²) in [5.41, 5.74) is 3.52. The summed E-state index contributed by atoms with van der Waals surface area (Å²) >= 11 is 0. The number of halogens is 2. The van der Waals surface area contributed by atoms with Crippen LogP contribution in [-0.2, 0) is 44.7 Å². The van der Waals surface area contributed by atoms with Crippen LogP contribution in [0.3, 0.4) is 0 Å². The third-order valence-electron chi connectivity index (χ3n) is 13.9. The maximum Gasteiger partial charge on any atom is 0.304 e. The van der Waals surface area contributed by atoms with E-state index in [-0.39, 0.29) is 24.7 Å². The van der Waals surface area contributed by atoms with Crippen LogP contribution in [0.15, 0.2) is 72.8 Å². The first kappa shape index (κ1) is 52.4. The van der Waals surface area contributed by atoms with Gasteiger partial charge in [-0.25, -0.2) is 18.7 Å². The smallest absolute Gasteiger partial charge is 0.304 e. The van der Waals surface area contributed by atoms with Gasteiger partial charge in [0, 0.05) is 89.8 Å². The molecule has 2 aromatic carbocycles. The van der Waals surface area contributed by atoms with E-state index in [1.54, 1.807) is 14.2 Å². The average molecular weight is 971 g/mol. The van der Waals surface area contributed by atoms with Crippen molar-refractivity contribution in [3.05, 3.63) is 106 Å². The molecule has 2 saturated heterocycles. The number of carbonyl (C=O) groups is 2. The highest BCUT2D eigenvalue weighted by Gasteiger charge is 2.40. The van der Waals surface area contributed by atoms with E-state index in [1.807, 2.05) is 60.7 Å². The number of fused-ring (bicyclic) bond motifs is 2. The number of nitrogens with zero attached hydrogens (tertiary/aromatic N) is 4. The van der Waals surface area contributed by atoms with E-state index in [9.17, 15) is 19.8 Å². The normalized spacial score (nSPS) is 20.7. The molecular formula is C54H72F2N6O8. The molecule has 0 spiro atoms. The van der Waals surface area contributed by atoms with Gasteiger partial charge < -0.3 is 39.8 Å². The van der Waals surface area contributed by atoms with Crippen LogP contribution in [-0.4, -0.2) is 146 Å². The second kappa shape index (κ2) is 25.6. The molecule has 4 aliphatic heterocycles. The lowest BCUT2D eigenvalue weighted by Crippen LogP contribution is -2.32. The number of hydrogen-bond donors (Lipinski definition) is 4. The van der Waals surface area contributed by atoms with Crippen molar-refractivity contribution in [2.24, 2.45) is 0 Å². The molecule has 0 bridgehead atoms. The largest absolute Gasteiger partial charge is 0.491 e. The van der Waals surface area contributed by atoms with E-state index < -0.39 is 23.3 Å². The quantitative estimate of drug-likeness (QED) is 0.0497. The van der Waals surface area contributed by atoms with Crippen LogP contribution in [0.25, 0.3) is 0 Å². The van der Waals surface area contributed by atoms with Gasteiger partial charge in [0.1, 0.15) is 47.7 Å². The molecule has 0 saturated carbocycles. The number of benzene rings is 2. The number of hydrogen-bond acceptors (Lipinski definition) is 12. The number of aryl methyl sites for hydroxylation is 4. The second-order valence-corrected chi connectivity index (χ2v) is 19.4. The number of alkyl halides is 2. The van der Waals surface area contributed by atoms with Crippen LogP contribution in [0.4, 0.5) is 20.4 Å². The summed E-state index contributed by atoms with van der Waals surface area (Å²) in [5, 5.41) is 25.7. The highest BCUT2D eigenvalue weighted by atomic mass is 19.1. The third kappa shape index (κ3) is 15.8. The van der Waals surface area contributed by atoms with Gasteiger partial charge in [0.15, 0.2) is 0 Å². The summed E-state index contributed by atoms with van der Waals surface area (Å²) in [6.45, 7) is 6.55. The molecule has 0 amide bonds. The van der Waals surface area contributed by atoms with Crippen molar-refractivity contribution in [1.29, 1.82) is 0 Å². The van der Waals surface area contributed by atoms with Crippen LogP contribution < -0.4 is 20.1 Å². The van der Waals surface area contributed by atoms with Crippen molar-refractivity contribution in [1.82, 2.24) is 19.8 Å². The van der Waals surface area contributed by atoms with Crippen molar-refractivity contribution < 1.29 is 47.5 Å². The predicted molar refractivity (Wildman–Crippen MR) is 266 cm³/mol. The molecule has 8 rings (SSSR count). The number of carboxylic acid groups (broad SMARTS) is 2. The predicted octanol–water partition coefficient (Wildman–Crippen LogP) is 8.14. The Labute approximate surface area is 411 Å². The second-order valence-electron chi connectivity index (χ2n) is 19.4. The van der Waals surface area contributed by atoms with E-state index in [0.717, 1.165) is 72.9 Å².